The van der Waals surface area contributed by atoms with Gasteiger partial charge in [0.1, 0.15) is 5.84 Å². The molecule has 0 aliphatic rings. The summed E-state index contributed by atoms with van der Waals surface area (Å²) in [5.41, 5.74) is 4.10. The van der Waals surface area contributed by atoms with Crippen LogP contribution < -0.4 is 5.73 Å². The lowest BCUT2D eigenvalue weighted by Gasteiger charge is -2.13. The SMILES string of the molecule is N=C(N)c1ccc(-n2cc(Br)cn2)cc1C(F)(F)F. The van der Waals surface area contributed by atoms with Gasteiger partial charge >= 0.3 is 6.18 Å². The summed E-state index contributed by atoms with van der Waals surface area (Å²) in [5.74, 6) is -0.625. The van der Waals surface area contributed by atoms with Crippen molar-refractivity contribution in [2.75, 3.05) is 0 Å². The molecule has 0 saturated carbocycles. The first kappa shape index (κ1) is 13.6. The third-order valence-corrected chi connectivity index (χ3v) is 2.82. The van der Waals surface area contributed by atoms with Crippen LogP contribution >= 0.6 is 15.9 Å². The molecule has 0 fully saturated rings. The molecule has 4 nitrogen and oxygen atoms in total. The molecule has 0 radical (unpaired) electrons. The molecule has 0 bridgehead atoms. The predicted octanol–water partition coefficient (Wildman–Crippen LogP) is 2.94. The van der Waals surface area contributed by atoms with E-state index in [2.05, 4.69) is 21.0 Å². The molecular weight excluding hydrogens is 325 g/mol. The molecule has 0 atom stereocenters. The van der Waals surface area contributed by atoms with Crippen LogP contribution in [0.15, 0.2) is 35.1 Å². The maximum absolute atomic E-state index is 12.9. The Morgan fingerprint density at radius 2 is 2.05 bits per heavy atom. The predicted molar refractivity (Wildman–Crippen MR) is 67.3 cm³/mol. The van der Waals surface area contributed by atoms with E-state index >= 15 is 0 Å². The van der Waals surface area contributed by atoms with Gasteiger partial charge in [0.2, 0.25) is 0 Å². The summed E-state index contributed by atoms with van der Waals surface area (Å²) in [5, 5.41) is 11.1. The molecule has 0 spiro atoms. The number of aromatic nitrogens is 2. The fraction of sp³-hybridized carbons (Fsp3) is 0.0909. The average molecular weight is 333 g/mol. The Kier molecular flexibility index (Phi) is 3.36. The molecule has 0 saturated heterocycles. The maximum atomic E-state index is 12.9. The summed E-state index contributed by atoms with van der Waals surface area (Å²) in [7, 11) is 0. The van der Waals surface area contributed by atoms with Crippen molar-refractivity contribution in [3.63, 3.8) is 0 Å². The number of nitrogens with zero attached hydrogens (tertiary/aromatic N) is 2. The highest BCUT2D eigenvalue weighted by atomic mass is 79.9. The Hall–Kier alpha value is -1.83. The van der Waals surface area contributed by atoms with Crippen molar-refractivity contribution in [2.45, 2.75) is 6.18 Å². The molecule has 1 aromatic heterocycles. The quantitative estimate of drug-likeness (QED) is 0.655. The van der Waals surface area contributed by atoms with E-state index in [-0.39, 0.29) is 11.3 Å². The van der Waals surface area contributed by atoms with Crippen LogP contribution in [-0.2, 0) is 6.18 Å². The molecule has 19 heavy (non-hydrogen) atoms. The second-order valence-corrected chi connectivity index (χ2v) is 4.66. The Bertz CT molecular complexity index is 633. The van der Waals surface area contributed by atoms with Crippen LogP contribution in [0.5, 0.6) is 0 Å². The van der Waals surface area contributed by atoms with E-state index in [0.29, 0.717) is 4.47 Å². The highest BCUT2D eigenvalue weighted by Crippen LogP contribution is 2.33. The minimum atomic E-state index is -4.58. The number of benzene rings is 1. The van der Waals surface area contributed by atoms with E-state index < -0.39 is 17.6 Å². The lowest BCUT2D eigenvalue weighted by atomic mass is 10.1. The second-order valence-electron chi connectivity index (χ2n) is 3.74. The fourth-order valence-electron chi connectivity index (χ4n) is 1.59. The van der Waals surface area contributed by atoms with Gasteiger partial charge in [0.15, 0.2) is 0 Å². The van der Waals surface area contributed by atoms with Crippen LogP contribution in [0.1, 0.15) is 11.1 Å². The summed E-state index contributed by atoms with van der Waals surface area (Å²) < 4.78 is 40.7. The molecule has 3 N–H and O–H groups in total. The van der Waals surface area contributed by atoms with Gasteiger partial charge in [-0.3, -0.25) is 5.41 Å². The monoisotopic (exact) mass is 332 g/mol. The summed E-state index contributed by atoms with van der Waals surface area (Å²) in [6.45, 7) is 0. The standard InChI is InChI=1S/C11H8BrF3N4/c12-6-4-18-19(5-6)7-1-2-8(10(16)17)9(3-7)11(13,14)15/h1-5H,(H3,16,17). The number of alkyl halides is 3. The molecule has 0 aliphatic heterocycles. The third-order valence-electron chi connectivity index (χ3n) is 2.41. The van der Waals surface area contributed by atoms with Crippen LogP contribution in [0.3, 0.4) is 0 Å². The number of nitrogens with two attached hydrogens (primary N) is 1. The van der Waals surface area contributed by atoms with E-state index in [0.717, 1.165) is 12.1 Å². The van der Waals surface area contributed by atoms with Gasteiger partial charge in [-0.2, -0.15) is 18.3 Å². The molecule has 100 valence electrons. The lowest BCUT2D eigenvalue weighted by Crippen LogP contribution is -2.19. The van der Waals surface area contributed by atoms with Gasteiger partial charge in [0.25, 0.3) is 0 Å². The van der Waals surface area contributed by atoms with Gasteiger partial charge in [0, 0.05) is 11.8 Å². The van der Waals surface area contributed by atoms with E-state index in [1.807, 2.05) is 0 Å². The number of halogens is 4. The number of amidine groups is 1. The molecule has 0 unspecified atom stereocenters. The van der Waals surface area contributed by atoms with Crippen molar-refractivity contribution in [3.8, 4) is 5.69 Å². The summed E-state index contributed by atoms with van der Waals surface area (Å²) >= 11 is 3.17. The molecule has 8 heteroatoms. The van der Waals surface area contributed by atoms with Gasteiger partial charge in [0.05, 0.1) is 21.9 Å². The second kappa shape index (κ2) is 4.69. The molecule has 2 rings (SSSR count). The highest BCUT2D eigenvalue weighted by Gasteiger charge is 2.34. The van der Waals surface area contributed by atoms with Gasteiger partial charge in [-0.1, -0.05) is 0 Å². The third kappa shape index (κ3) is 2.78. The smallest absolute Gasteiger partial charge is 0.384 e. The Balaban J connectivity index is 2.59. The van der Waals surface area contributed by atoms with Crippen molar-refractivity contribution in [1.29, 1.82) is 5.41 Å². The van der Waals surface area contributed by atoms with Crippen LogP contribution in [0.2, 0.25) is 0 Å². The summed E-state index contributed by atoms with van der Waals surface area (Å²) in [6, 6.07) is 3.50. The van der Waals surface area contributed by atoms with E-state index in [9.17, 15) is 13.2 Å². The number of rotatable bonds is 2. The zero-order valence-electron chi connectivity index (χ0n) is 9.37. The maximum Gasteiger partial charge on any atom is 0.417 e. The Morgan fingerprint density at radius 3 is 2.53 bits per heavy atom. The topological polar surface area (TPSA) is 67.7 Å². The Morgan fingerprint density at radius 1 is 1.37 bits per heavy atom. The van der Waals surface area contributed by atoms with Crippen molar-refractivity contribution in [1.82, 2.24) is 9.78 Å². The molecule has 2 aromatic rings. The number of hydrogen-bond donors (Lipinski definition) is 2. The van der Waals surface area contributed by atoms with E-state index in [1.165, 1.54) is 23.1 Å². The van der Waals surface area contributed by atoms with Crippen molar-refractivity contribution in [2.24, 2.45) is 5.73 Å². The van der Waals surface area contributed by atoms with Gasteiger partial charge < -0.3 is 5.73 Å². The van der Waals surface area contributed by atoms with Crippen LogP contribution in [0, 0.1) is 5.41 Å². The number of nitrogens with one attached hydrogen (secondary N) is 1. The summed E-state index contributed by atoms with van der Waals surface area (Å²) in [4.78, 5) is 0. The first-order valence-electron chi connectivity index (χ1n) is 5.05. The lowest BCUT2D eigenvalue weighted by molar-refractivity contribution is -0.137. The zero-order valence-corrected chi connectivity index (χ0v) is 11.0. The largest absolute Gasteiger partial charge is 0.417 e. The Labute approximate surface area is 114 Å². The normalized spacial score (nSPS) is 11.6. The number of nitrogen functional groups attached to an aromatic ring is 1. The minimum absolute atomic E-state index is 0.239. The zero-order chi connectivity index (χ0) is 14.2. The molecule has 0 aliphatic carbocycles. The number of hydrogen-bond acceptors (Lipinski definition) is 2. The first-order chi connectivity index (χ1) is 8.79. The molecule has 1 heterocycles. The average Bonchev–Trinajstić information content (AvgIpc) is 2.74. The molecule has 1 aromatic carbocycles. The van der Waals surface area contributed by atoms with Crippen LogP contribution in [0.4, 0.5) is 13.2 Å². The van der Waals surface area contributed by atoms with E-state index in [4.69, 9.17) is 11.1 Å². The van der Waals surface area contributed by atoms with Crippen molar-refractivity contribution < 1.29 is 13.2 Å². The minimum Gasteiger partial charge on any atom is -0.384 e. The highest BCUT2D eigenvalue weighted by molar-refractivity contribution is 9.10. The van der Waals surface area contributed by atoms with Gasteiger partial charge in [-0.15, -0.1) is 0 Å². The van der Waals surface area contributed by atoms with Gasteiger partial charge in [-0.05, 0) is 34.1 Å². The van der Waals surface area contributed by atoms with Crippen LogP contribution in [0.25, 0.3) is 5.69 Å². The fourth-order valence-corrected chi connectivity index (χ4v) is 1.87. The van der Waals surface area contributed by atoms with Crippen LogP contribution in [-0.4, -0.2) is 15.6 Å². The van der Waals surface area contributed by atoms with Gasteiger partial charge in [-0.25, -0.2) is 4.68 Å². The molecular formula is C11H8BrF3N4. The summed E-state index contributed by atoms with van der Waals surface area (Å²) in [6.07, 6.45) is -1.59. The first-order valence-corrected chi connectivity index (χ1v) is 5.84. The molecule has 0 amide bonds. The van der Waals surface area contributed by atoms with E-state index in [1.54, 1.807) is 0 Å². The van der Waals surface area contributed by atoms with Crippen molar-refractivity contribution >= 4 is 21.8 Å². The van der Waals surface area contributed by atoms with Crippen molar-refractivity contribution in [3.05, 3.63) is 46.2 Å².